The van der Waals surface area contributed by atoms with E-state index >= 15 is 0 Å². The highest BCUT2D eigenvalue weighted by Crippen LogP contribution is 2.38. The van der Waals surface area contributed by atoms with E-state index in [-0.39, 0.29) is 52.2 Å². The molecule has 8 nitrogen and oxygen atoms in total. The minimum atomic E-state index is -0.293. The monoisotopic (exact) mass is 448 g/mol. The van der Waals surface area contributed by atoms with Gasteiger partial charge in [0.15, 0.2) is 0 Å². The minimum absolute atomic E-state index is 0.139. The summed E-state index contributed by atoms with van der Waals surface area (Å²) in [5, 5.41) is 0.405. The fraction of sp³-hybridized carbons (Fsp3) is 0.200. The zero-order valence-corrected chi connectivity index (χ0v) is 17.2. The summed E-state index contributed by atoms with van der Waals surface area (Å²) in [6.07, 6.45) is 0.998. The van der Waals surface area contributed by atoms with E-state index in [2.05, 4.69) is 0 Å². The Morgan fingerprint density at radius 3 is 1.47 bits per heavy atom. The number of halogens is 2. The first-order chi connectivity index (χ1) is 14.2. The summed E-state index contributed by atoms with van der Waals surface area (Å²) in [5.41, 5.74) is 12.9. The molecule has 10 heteroatoms. The fourth-order valence-corrected chi connectivity index (χ4v) is 3.79. The van der Waals surface area contributed by atoms with Crippen LogP contribution in [0.15, 0.2) is 36.4 Å². The van der Waals surface area contributed by atoms with Gasteiger partial charge in [0, 0.05) is 37.1 Å². The van der Waals surface area contributed by atoms with E-state index in [0.29, 0.717) is 29.9 Å². The van der Waals surface area contributed by atoms with Crippen molar-refractivity contribution in [2.24, 2.45) is 0 Å². The number of hydrogen-bond acceptors (Lipinski definition) is 6. The highest BCUT2D eigenvalue weighted by Gasteiger charge is 2.33. The van der Waals surface area contributed by atoms with E-state index in [0.717, 1.165) is 4.90 Å². The average molecular weight is 449 g/mol. The van der Waals surface area contributed by atoms with Crippen LogP contribution in [0.25, 0.3) is 0 Å². The molecule has 2 saturated heterocycles. The molecule has 4 amide bonds. The molecular formula is C20H18Cl2N4O4. The topological polar surface area (TPSA) is 127 Å². The van der Waals surface area contributed by atoms with Crippen LogP contribution in [0.2, 0.25) is 10.0 Å². The van der Waals surface area contributed by atoms with Crippen LogP contribution in [-0.4, -0.2) is 23.6 Å². The number of nitrogen functional groups attached to an aromatic ring is 2. The number of nitrogens with two attached hydrogens (primary N) is 2. The van der Waals surface area contributed by atoms with Crippen LogP contribution in [0.1, 0.15) is 25.7 Å². The van der Waals surface area contributed by atoms with Crippen LogP contribution in [-0.2, 0) is 19.2 Å². The molecule has 156 valence electrons. The Bertz CT molecular complexity index is 985. The highest BCUT2D eigenvalue weighted by atomic mass is 35.5. The molecular weight excluding hydrogens is 431 g/mol. The van der Waals surface area contributed by atoms with Gasteiger partial charge >= 0.3 is 0 Å². The molecule has 2 fully saturated rings. The molecule has 0 radical (unpaired) electrons. The number of benzene rings is 2. The van der Waals surface area contributed by atoms with Gasteiger partial charge in [0.1, 0.15) is 0 Å². The van der Waals surface area contributed by atoms with Crippen molar-refractivity contribution in [1.82, 2.24) is 0 Å². The van der Waals surface area contributed by atoms with E-state index in [9.17, 15) is 19.2 Å². The second-order valence-corrected chi connectivity index (χ2v) is 7.48. The first kappa shape index (κ1) is 21.6. The van der Waals surface area contributed by atoms with Crippen LogP contribution in [0.3, 0.4) is 0 Å². The van der Waals surface area contributed by atoms with Crippen LogP contribution < -0.4 is 21.3 Å². The van der Waals surface area contributed by atoms with Gasteiger partial charge in [-0.15, -0.1) is 0 Å². The maximum atomic E-state index is 11.5. The number of hydrogen-bond donors (Lipinski definition) is 2. The molecule has 0 unspecified atom stereocenters. The van der Waals surface area contributed by atoms with E-state index < -0.39 is 0 Å². The van der Waals surface area contributed by atoms with Crippen molar-refractivity contribution in [3.05, 3.63) is 46.4 Å². The average Bonchev–Trinajstić information content (AvgIpc) is 3.18. The lowest BCUT2D eigenvalue weighted by Gasteiger charge is -2.17. The molecule has 0 atom stereocenters. The van der Waals surface area contributed by atoms with Crippen LogP contribution in [0.4, 0.5) is 22.7 Å². The van der Waals surface area contributed by atoms with Gasteiger partial charge in [-0.1, -0.05) is 23.2 Å². The number of anilines is 4. The molecule has 2 heterocycles. The SMILES string of the molecule is Nc1cc(Cl)c(N2C(=O)CCC2=O)c(Cl)c1.Nc1ccc(N2C(=O)CCC2=O)cc1. The second-order valence-electron chi connectivity index (χ2n) is 6.67. The first-order valence-electron chi connectivity index (χ1n) is 9.00. The van der Waals surface area contributed by atoms with Gasteiger partial charge in [-0.3, -0.25) is 24.1 Å². The van der Waals surface area contributed by atoms with Gasteiger partial charge in [-0.05, 0) is 36.4 Å². The molecule has 0 aromatic heterocycles. The lowest BCUT2D eigenvalue weighted by molar-refractivity contribution is -0.122. The van der Waals surface area contributed by atoms with E-state index in [1.54, 1.807) is 24.3 Å². The quantitative estimate of drug-likeness (QED) is 0.536. The first-order valence-corrected chi connectivity index (χ1v) is 9.76. The molecule has 0 bridgehead atoms. The summed E-state index contributed by atoms with van der Waals surface area (Å²) >= 11 is 11.9. The zero-order valence-electron chi connectivity index (χ0n) is 15.7. The summed E-state index contributed by atoms with van der Waals surface area (Å²) in [4.78, 5) is 48.0. The van der Waals surface area contributed by atoms with Gasteiger partial charge in [-0.2, -0.15) is 0 Å². The largest absolute Gasteiger partial charge is 0.399 e. The van der Waals surface area contributed by atoms with Crippen LogP contribution in [0, 0.1) is 0 Å². The Morgan fingerprint density at radius 1 is 0.633 bits per heavy atom. The van der Waals surface area contributed by atoms with Gasteiger partial charge in [-0.25, -0.2) is 4.90 Å². The Hall–Kier alpha value is -3.10. The molecule has 0 saturated carbocycles. The molecule has 2 aromatic carbocycles. The highest BCUT2D eigenvalue weighted by molar-refractivity contribution is 6.42. The Balaban J connectivity index is 0.000000172. The summed E-state index contributed by atoms with van der Waals surface area (Å²) in [7, 11) is 0. The lowest BCUT2D eigenvalue weighted by atomic mass is 10.2. The van der Waals surface area contributed by atoms with Crippen molar-refractivity contribution in [2.45, 2.75) is 25.7 Å². The van der Waals surface area contributed by atoms with Gasteiger partial charge < -0.3 is 11.5 Å². The normalized spacial score (nSPS) is 16.2. The Kier molecular flexibility index (Phi) is 6.28. The van der Waals surface area contributed by atoms with E-state index in [4.69, 9.17) is 34.7 Å². The fourth-order valence-electron chi connectivity index (χ4n) is 3.11. The minimum Gasteiger partial charge on any atom is -0.399 e. The molecule has 2 aliphatic rings. The third-order valence-corrected chi connectivity index (χ3v) is 5.09. The third-order valence-electron chi connectivity index (χ3n) is 4.52. The molecule has 4 rings (SSSR count). The number of carbonyl (C=O) groups excluding carboxylic acids is 4. The molecule has 2 aromatic rings. The van der Waals surface area contributed by atoms with Crippen molar-refractivity contribution in [3.63, 3.8) is 0 Å². The summed E-state index contributed by atoms with van der Waals surface area (Å²) in [6, 6.07) is 9.62. The Labute approximate surface area is 182 Å². The van der Waals surface area contributed by atoms with E-state index in [1.165, 1.54) is 17.0 Å². The van der Waals surface area contributed by atoms with Crippen molar-refractivity contribution in [1.29, 1.82) is 0 Å². The molecule has 30 heavy (non-hydrogen) atoms. The van der Waals surface area contributed by atoms with Crippen molar-refractivity contribution in [3.8, 4) is 0 Å². The number of carbonyl (C=O) groups is 4. The lowest BCUT2D eigenvalue weighted by Crippen LogP contribution is -2.29. The maximum Gasteiger partial charge on any atom is 0.234 e. The summed E-state index contributed by atoms with van der Waals surface area (Å²) in [6.45, 7) is 0. The van der Waals surface area contributed by atoms with Crippen LogP contribution in [0.5, 0.6) is 0 Å². The third kappa shape index (κ3) is 4.39. The van der Waals surface area contributed by atoms with Gasteiger partial charge in [0.2, 0.25) is 23.6 Å². The summed E-state index contributed by atoms with van der Waals surface area (Å²) < 4.78 is 0. The molecule has 0 spiro atoms. The predicted molar refractivity (Wildman–Crippen MR) is 115 cm³/mol. The number of nitrogens with zero attached hydrogens (tertiary/aromatic N) is 2. The van der Waals surface area contributed by atoms with E-state index in [1.807, 2.05) is 0 Å². The van der Waals surface area contributed by atoms with Crippen molar-refractivity contribution in [2.75, 3.05) is 21.3 Å². The zero-order chi connectivity index (χ0) is 22.0. The second kappa shape index (κ2) is 8.73. The smallest absolute Gasteiger partial charge is 0.234 e. The van der Waals surface area contributed by atoms with Gasteiger partial charge in [0.05, 0.1) is 21.4 Å². The molecule has 0 aliphatic carbocycles. The number of rotatable bonds is 2. The van der Waals surface area contributed by atoms with Crippen molar-refractivity contribution >= 4 is 69.6 Å². The van der Waals surface area contributed by atoms with Gasteiger partial charge in [0.25, 0.3) is 0 Å². The maximum absolute atomic E-state index is 11.5. The number of imide groups is 2. The number of amides is 4. The predicted octanol–water partition coefficient (Wildman–Crippen LogP) is 3.15. The van der Waals surface area contributed by atoms with Crippen molar-refractivity contribution < 1.29 is 19.2 Å². The Morgan fingerprint density at radius 2 is 1.03 bits per heavy atom. The van der Waals surface area contributed by atoms with Crippen LogP contribution >= 0.6 is 23.2 Å². The molecule has 2 aliphatic heterocycles. The summed E-state index contributed by atoms with van der Waals surface area (Å²) in [5.74, 6) is -0.864. The molecule has 4 N–H and O–H groups in total. The standard InChI is InChI=1S/C10H8Cl2N2O2.C10H10N2O2/c11-6-3-5(13)4-7(12)10(6)14-8(15)1-2-9(14)16;11-7-1-3-8(4-2-7)12-9(13)5-6-10(12)14/h3-4H,1-2,13H2;1-4H,5-6,11H2.